The van der Waals surface area contributed by atoms with E-state index < -0.39 is 6.09 Å². The van der Waals surface area contributed by atoms with Gasteiger partial charge in [-0.3, -0.25) is 10.2 Å². The Morgan fingerprint density at radius 3 is 2.38 bits per heavy atom. The van der Waals surface area contributed by atoms with Gasteiger partial charge in [0, 0.05) is 0 Å². The Bertz CT molecular complexity index is 896. The average Bonchev–Trinajstić information content (AvgIpc) is 2.66. The minimum Gasteiger partial charge on any atom is -0.455 e. The van der Waals surface area contributed by atoms with Crippen LogP contribution < -0.4 is 10.1 Å². The van der Waals surface area contributed by atoms with Gasteiger partial charge in [0.2, 0.25) is 0 Å². The van der Waals surface area contributed by atoms with Crippen molar-refractivity contribution in [1.82, 2.24) is 0 Å². The molecule has 0 aliphatic rings. The molecule has 3 rings (SSSR count). The predicted molar refractivity (Wildman–Crippen MR) is 97.1 cm³/mol. The summed E-state index contributed by atoms with van der Waals surface area (Å²) in [5.74, 6) is 0.762. The number of amides is 1. The number of nitrogens with one attached hydrogen (secondary N) is 1. The summed E-state index contributed by atoms with van der Waals surface area (Å²) in [4.78, 5) is 16.7. The predicted octanol–water partition coefficient (Wildman–Crippen LogP) is 5.20. The van der Waals surface area contributed by atoms with Crippen LogP contribution >= 0.6 is 0 Å². The Morgan fingerprint density at radius 2 is 1.62 bits per heavy atom. The van der Waals surface area contributed by atoms with E-state index in [4.69, 9.17) is 9.57 Å². The standard InChI is InChI=1S/C20H15FN2O3/c21-16-12-10-15(11-13-16)14-22-26-20(24)23-18-8-4-5-9-19(18)25-17-6-2-1-3-7-17/h1-14H,(H,23,24)/b22-14+. The van der Waals surface area contributed by atoms with Crippen LogP contribution in [0.15, 0.2) is 84.0 Å². The fourth-order valence-electron chi connectivity index (χ4n) is 2.09. The first-order chi connectivity index (χ1) is 12.7. The SMILES string of the molecule is O=C(Nc1ccccc1Oc1ccccc1)O/N=C/c1ccc(F)cc1. The van der Waals surface area contributed by atoms with Crippen LogP contribution in [0.25, 0.3) is 0 Å². The molecule has 6 heteroatoms. The van der Waals surface area contributed by atoms with Crippen LogP contribution in [-0.2, 0) is 4.84 Å². The highest BCUT2D eigenvalue weighted by atomic mass is 19.1. The number of anilines is 1. The zero-order chi connectivity index (χ0) is 18.2. The van der Waals surface area contributed by atoms with E-state index in [2.05, 4.69) is 10.5 Å². The number of ether oxygens (including phenoxy) is 1. The van der Waals surface area contributed by atoms with Gasteiger partial charge in [-0.2, -0.15) is 0 Å². The van der Waals surface area contributed by atoms with Crippen molar-refractivity contribution in [2.24, 2.45) is 5.16 Å². The van der Waals surface area contributed by atoms with Crippen molar-refractivity contribution >= 4 is 18.0 Å². The van der Waals surface area contributed by atoms with Crippen molar-refractivity contribution in [2.45, 2.75) is 0 Å². The number of rotatable bonds is 5. The summed E-state index contributed by atoms with van der Waals surface area (Å²) in [5.41, 5.74) is 1.05. The molecule has 1 amide bonds. The lowest BCUT2D eigenvalue weighted by Crippen LogP contribution is -2.11. The maximum Gasteiger partial charge on any atom is 0.437 e. The summed E-state index contributed by atoms with van der Waals surface area (Å²) in [5, 5.41) is 6.15. The molecule has 0 aliphatic heterocycles. The van der Waals surface area contributed by atoms with Crippen LogP contribution in [0.1, 0.15) is 5.56 Å². The quantitative estimate of drug-likeness (QED) is 0.391. The molecule has 0 saturated carbocycles. The summed E-state index contributed by atoms with van der Waals surface area (Å²) in [6.07, 6.45) is 0.540. The molecule has 130 valence electrons. The maximum absolute atomic E-state index is 12.8. The minimum atomic E-state index is -0.771. The number of hydrogen-bond acceptors (Lipinski definition) is 4. The van der Waals surface area contributed by atoms with Gasteiger partial charge in [0.15, 0.2) is 5.75 Å². The molecule has 0 spiro atoms. The van der Waals surface area contributed by atoms with Crippen molar-refractivity contribution in [3.8, 4) is 11.5 Å². The number of halogens is 1. The monoisotopic (exact) mass is 350 g/mol. The fourth-order valence-corrected chi connectivity index (χ4v) is 2.09. The fraction of sp³-hybridized carbons (Fsp3) is 0. The molecule has 26 heavy (non-hydrogen) atoms. The van der Waals surface area contributed by atoms with E-state index in [0.717, 1.165) is 0 Å². The van der Waals surface area contributed by atoms with E-state index in [0.29, 0.717) is 22.7 Å². The molecule has 3 aromatic carbocycles. The molecule has 0 unspecified atom stereocenters. The zero-order valence-corrected chi connectivity index (χ0v) is 13.6. The van der Waals surface area contributed by atoms with Crippen molar-refractivity contribution in [1.29, 1.82) is 0 Å². The topological polar surface area (TPSA) is 59.9 Å². The van der Waals surface area contributed by atoms with Crippen LogP contribution in [0, 0.1) is 5.82 Å². The minimum absolute atomic E-state index is 0.351. The molecule has 0 heterocycles. The molecule has 0 saturated heterocycles. The first-order valence-electron chi connectivity index (χ1n) is 7.79. The van der Waals surface area contributed by atoms with Crippen LogP contribution in [0.5, 0.6) is 11.5 Å². The van der Waals surface area contributed by atoms with Crippen molar-refractivity contribution < 1.29 is 18.8 Å². The van der Waals surface area contributed by atoms with Gasteiger partial charge in [-0.25, -0.2) is 9.18 Å². The van der Waals surface area contributed by atoms with Gasteiger partial charge < -0.3 is 4.74 Å². The van der Waals surface area contributed by atoms with Crippen molar-refractivity contribution in [3.05, 3.63) is 90.2 Å². The van der Waals surface area contributed by atoms with Crippen LogP contribution in [0.2, 0.25) is 0 Å². The average molecular weight is 350 g/mol. The first kappa shape index (κ1) is 17.2. The molecule has 0 fully saturated rings. The third-order valence-corrected chi connectivity index (χ3v) is 3.30. The molecule has 5 nitrogen and oxygen atoms in total. The molecular formula is C20H15FN2O3. The van der Waals surface area contributed by atoms with E-state index in [9.17, 15) is 9.18 Å². The number of carbonyl (C=O) groups is 1. The van der Waals surface area contributed by atoms with Gasteiger partial charge in [-0.1, -0.05) is 47.6 Å². The number of nitrogens with zero attached hydrogens (tertiary/aromatic N) is 1. The van der Waals surface area contributed by atoms with Crippen molar-refractivity contribution in [3.63, 3.8) is 0 Å². The third-order valence-electron chi connectivity index (χ3n) is 3.30. The highest BCUT2D eigenvalue weighted by Gasteiger charge is 2.09. The normalized spacial score (nSPS) is 10.5. The van der Waals surface area contributed by atoms with E-state index >= 15 is 0 Å². The molecule has 0 aliphatic carbocycles. The number of hydrogen-bond donors (Lipinski definition) is 1. The van der Waals surface area contributed by atoms with Crippen LogP contribution in [0.4, 0.5) is 14.9 Å². The van der Waals surface area contributed by atoms with E-state index in [1.807, 2.05) is 30.3 Å². The van der Waals surface area contributed by atoms with Gasteiger partial charge in [0.25, 0.3) is 0 Å². The number of benzene rings is 3. The molecule has 1 N–H and O–H groups in total. The summed E-state index contributed by atoms with van der Waals surface area (Å²) in [6.45, 7) is 0. The van der Waals surface area contributed by atoms with Gasteiger partial charge in [0.05, 0.1) is 11.9 Å². The highest BCUT2D eigenvalue weighted by Crippen LogP contribution is 2.29. The largest absolute Gasteiger partial charge is 0.455 e. The Labute approximate surface area is 149 Å². The zero-order valence-electron chi connectivity index (χ0n) is 13.6. The number of oxime groups is 1. The van der Waals surface area contributed by atoms with Gasteiger partial charge in [-0.15, -0.1) is 0 Å². The molecule has 0 radical (unpaired) electrons. The third kappa shape index (κ3) is 4.91. The number of carbonyl (C=O) groups excluding carboxylic acids is 1. The lowest BCUT2D eigenvalue weighted by atomic mass is 10.2. The smallest absolute Gasteiger partial charge is 0.437 e. The lowest BCUT2D eigenvalue weighted by molar-refractivity contribution is 0.167. The second-order valence-corrected chi connectivity index (χ2v) is 5.20. The van der Waals surface area contributed by atoms with E-state index in [1.165, 1.54) is 30.5 Å². The second-order valence-electron chi connectivity index (χ2n) is 5.20. The maximum atomic E-state index is 12.8. The van der Waals surface area contributed by atoms with Gasteiger partial charge in [0.1, 0.15) is 11.6 Å². The molecule has 3 aromatic rings. The van der Waals surface area contributed by atoms with Crippen molar-refractivity contribution in [2.75, 3.05) is 5.32 Å². The molecular weight excluding hydrogens is 335 g/mol. The Hall–Kier alpha value is -3.67. The summed E-state index contributed by atoms with van der Waals surface area (Å²) in [6, 6.07) is 21.8. The van der Waals surface area contributed by atoms with E-state index in [-0.39, 0.29) is 5.82 Å². The van der Waals surface area contributed by atoms with Crippen LogP contribution in [0.3, 0.4) is 0 Å². The second kappa shape index (κ2) is 8.43. The Kier molecular flexibility index (Phi) is 5.57. The molecule has 0 aromatic heterocycles. The summed E-state index contributed by atoms with van der Waals surface area (Å²) in [7, 11) is 0. The van der Waals surface area contributed by atoms with E-state index in [1.54, 1.807) is 24.3 Å². The molecule has 0 atom stereocenters. The van der Waals surface area contributed by atoms with Crippen LogP contribution in [-0.4, -0.2) is 12.3 Å². The number of para-hydroxylation sites is 3. The van der Waals surface area contributed by atoms with Gasteiger partial charge in [-0.05, 0) is 42.0 Å². The van der Waals surface area contributed by atoms with Gasteiger partial charge >= 0.3 is 6.09 Å². The Balaban J connectivity index is 1.61. The Morgan fingerprint density at radius 1 is 0.923 bits per heavy atom. The first-order valence-corrected chi connectivity index (χ1v) is 7.79. The highest BCUT2D eigenvalue weighted by molar-refractivity contribution is 5.87. The summed E-state index contributed by atoms with van der Waals surface area (Å²) >= 11 is 0. The molecule has 0 bridgehead atoms. The lowest BCUT2D eigenvalue weighted by Gasteiger charge is -2.11. The summed E-state index contributed by atoms with van der Waals surface area (Å²) < 4.78 is 18.6.